The Morgan fingerprint density at radius 3 is 2.03 bits per heavy atom. The second-order valence-electron chi connectivity index (χ2n) is 12.8. The first-order chi connectivity index (χ1) is 15.1. The van der Waals surface area contributed by atoms with Crippen molar-refractivity contribution >= 4 is 11.6 Å². The van der Waals surface area contributed by atoms with Gasteiger partial charge in [0.1, 0.15) is 11.8 Å². The molecular formula is C29H42N2O2. The average Bonchev–Trinajstić information content (AvgIpc) is 2.66. The number of fused-ring (bicyclic) bond motifs is 1. The van der Waals surface area contributed by atoms with Crippen molar-refractivity contribution in [2.45, 2.75) is 85.6 Å². The van der Waals surface area contributed by atoms with E-state index in [0.29, 0.717) is 5.75 Å². The molecule has 0 radical (unpaired) electrons. The lowest BCUT2D eigenvalue weighted by Gasteiger charge is -2.39. The van der Waals surface area contributed by atoms with Gasteiger partial charge in [-0.15, -0.1) is 0 Å². The molecule has 2 aromatic carbocycles. The second-order valence-corrected chi connectivity index (χ2v) is 12.8. The topological polar surface area (TPSA) is 52.6 Å². The Balaban J connectivity index is 2.04. The molecule has 0 spiro atoms. The number of amides is 1. The highest BCUT2D eigenvalue weighted by atomic mass is 16.3. The van der Waals surface area contributed by atoms with Crippen molar-refractivity contribution in [1.29, 1.82) is 0 Å². The summed E-state index contributed by atoms with van der Waals surface area (Å²) < 4.78 is 0. The minimum Gasteiger partial charge on any atom is -0.507 e. The predicted molar refractivity (Wildman–Crippen MR) is 138 cm³/mol. The predicted octanol–water partition coefficient (Wildman–Crippen LogP) is 6.57. The first-order valence-corrected chi connectivity index (χ1v) is 12.1. The molecule has 1 unspecified atom stereocenters. The van der Waals surface area contributed by atoms with Crippen LogP contribution in [0.15, 0.2) is 36.4 Å². The summed E-state index contributed by atoms with van der Waals surface area (Å²) in [4.78, 5) is 16.1. The molecular weight excluding hydrogens is 408 g/mol. The summed E-state index contributed by atoms with van der Waals surface area (Å²) in [6, 6.07) is 11.8. The van der Waals surface area contributed by atoms with Crippen LogP contribution in [-0.2, 0) is 22.0 Å². The van der Waals surface area contributed by atoms with Crippen LogP contribution in [0.4, 0.5) is 5.69 Å². The quantitative estimate of drug-likeness (QED) is 0.520. The molecule has 1 amide bonds. The van der Waals surface area contributed by atoms with Gasteiger partial charge in [-0.25, -0.2) is 0 Å². The number of phenols is 1. The minimum absolute atomic E-state index is 0.0168. The van der Waals surface area contributed by atoms with E-state index in [1.54, 1.807) is 0 Å². The third-order valence-corrected chi connectivity index (χ3v) is 6.30. The smallest absolute Gasteiger partial charge is 0.246 e. The Kier molecular flexibility index (Phi) is 6.74. The molecule has 180 valence electrons. The van der Waals surface area contributed by atoms with Crippen molar-refractivity contribution < 1.29 is 9.90 Å². The zero-order valence-corrected chi connectivity index (χ0v) is 22.0. The van der Waals surface area contributed by atoms with E-state index < -0.39 is 0 Å². The average molecular weight is 451 g/mol. The number of benzene rings is 2. The maximum atomic E-state index is 13.8. The molecule has 1 aliphatic rings. The van der Waals surface area contributed by atoms with Gasteiger partial charge >= 0.3 is 0 Å². The van der Waals surface area contributed by atoms with Crippen molar-refractivity contribution in [3.8, 4) is 5.75 Å². The van der Waals surface area contributed by atoms with Crippen molar-refractivity contribution in [1.82, 2.24) is 4.90 Å². The molecule has 33 heavy (non-hydrogen) atoms. The maximum absolute atomic E-state index is 13.8. The normalized spacial score (nSPS) is 17.5. The van der Waals surface area contributed by atoms with Gasteiger partial charge in [0.05, 0.1) is 0 Å². The molecule has 4 heteroatoms. The third kappa shape index (κ3) is 5.78. The summed E-state index contributed by atoms with van der Waals surface area (Å²) in [5.74, 6) is 0.308. The van der Waals surface area contributed by atoms with Gasteiger partial charge in [-0.3, -0.25) is 9.69 Å². The molecule has 2 aromatic rings. The lowest BCUT2D eigenvalue weighted by atomic mass is 9.79. The van der Waals surface area contributed by atoms with Gasteiger partial charge in [0.2, 0.25) is 5.91 Å². The summed E-state index contributed by atoms with van der Waals surface area (Å²) >= 11 is 0. The Labute approximate surface area is 200 Å². The van der Waals surface area contributed by atoms with Crippen molar-refractivity contribution in [2.24, 2.45) is 5.41 Å². The molecule has 2 N–H and O–H groups in total. The summed E-state index contributed by atoms with van der Waals surface area (Å²) in [6.45, 7) is 20.9. The van der Waals surface area contributed by atoms with Crippen LogP contribution in [0.5, 0.6) is 5.75 Å². The summed E-state index contributed by atoms with van der Waals surface area (Å²) in [7, 11) is 0. The zero-order chi connectivity index (χ0) is 24.8. The van der Waals surface area contributed by atoms with Crippen LogP contribution in [0.1, 0.15) is 90.6 Å². The first kappa shape index (κ1) is 25.3. The molecule has 0 aliphatic carbocycles. The number of carbonyl (C=O) groups is 1. The lowest BCUT2D eigenvalue weighted by molar-refractivity contribution is -0.122. The van der Waals surface area contributed by atoms with Gasteiger partial charge in [-0.05, 0) is 45.9 Å². The number of nitrogens with one attached hydrogen (secondary N) is 1. The summed E-state index contributed by atoms with van der Waals surface area (Å²) in [6.07, 6.45) is 0.956. The fraction of sp³-hybridized carbons (Fsp3) is 0.552. The van der Waals surface area contributed by atoms with Crippen LogP contribution in [0, 0.1) is 5.41 Å². The van der Waals surface area contributed by atoms with Crippen molar-refractivity contribution in [3.05, 3.63) is 58.7 Å². The van der Waals surface area contributed by atoms with E-state index in [1.165, 1.54) is 5.56 Å². The van der Waals surface area contributed by atoms with E-state index in [0.717, 1.165) is 41.9 Å². The number of rotatable bonds is 3. The van der Waals surface area contributed by atoms with Gasteiger partial charge < -0.3 is 10.4 Å². The number of carbonyl (C=O) groups excluding carboxylic acids is 1. The third-order valence-electron chi connectivity index (χ3n) is 6.30. The zero-order valence-electron chi connectivity index (χ0n) is 22.0. The SMILES string of the molecule is CC(C)(C)CN1CCc2ccccc2C1C(=O)Nc1cc(C(C)(C)C)c(O)c(C(C)(C)C)c1. The Morgan fingerprint density at radius 2 is 1.52 bits per heavy atom. The highest BCUT2D eigenvalue weighted by molar-refractivity contribution is 5.96. The van der Waals surface area contributed by atoms with Gasteiger partial charge in [0.15, 0.2) is 0 Å². The Hall–Kier alpha value is -2.33. The summed E-state index contributed by atoms with van der Waals surface area (Å²) in [5, 5.41) is 14.3. The van der Waals surface area contributed by atoms with Gasteiger partial charge in [-0.1, -0.05) is 86.6 Å². The molecule has 0 saturated carbocycles. The monoisotopic (exact) mass is 450 g/mol. The van der Waals surface area contributed by atoms with Gasteiger partial charge in [0, 0.05) is 29.9 Å². The number of hydrogen-bond acceptors (Lipinski definition) is 3. The number of nitrogens with zero attached hydrogens (tertiary/aromatic N) is 1. The number of anilines is 1. The van der Waals surface area contributed by atoms with E-state index in [9.17, 15) is 9.90 Å². The summed E-state index contributed by atoms with van der Waals surface area (Å²) in [5.41, 5.74) is 4.37. The molecule has 1 heterocycles. The minimum atomic E-state index is -0.334. The highest BCUT2D eigenvalue weighted by Gasteiger charge is 2.35. The van der Waals surface area contributed by atoms with Gasteiger partial charge in [-0.2, -0.15) is 0 Å². The van der Waals surface area contributed by atoms with Crippen LogP contribution >= 0.6 is 0 Å². The van der Waals surface area contributed by atoms with E-state index in [4.69, 9.17) is 0 Å². The first-order valence-electron chi connectivity index (χ1n) is 12.1. The van der Waals surface area contributed by atoms with Crippen molar-refractivity contribution in [2.75, 3.05) is 18.4 Å². The Morgan fingerprint density at radius 1 is 0.970 bits per heavy atom. The largest absolute Gasteiger partial charge is 0.507 e. The highest BCUT2D eigenvalue weighted by Crippen LogP contribution is 2.41. The van der Waals surface area contributed by atoms with E-state index >= 15 is 0 Å². The van der Waals surface area contributed by atoms with E-state index in [1.807, 2.05) is 18.2 Å². The Bertz CT molecular complexity index is 984. The lowest BCUT2D eigenvalue weighted by Crippen LogP contribution is -2.45. The molecule has 0 aromatic heterocycles. The molecule has 1 atom stereocenters. The molecule has 0 saturated heterocycles. The number of aromatic hydroxyl groups is 1. The molecule has 0 fully saturated rings. The van der Waals surface area contributed by atoms with Crippen LogP contribution in [0.25, 0.3) is 0 Å². The maximum Gasteiger partial charge on any atom is 0.246 e. The number of hydrogen-bond donors (Lipinski definition) is 2. The van der Waals surface area contributed by atoms with E-state index in [-0.39, 0.29) is 28.2 Å². The number of phenolic OH excluding ortho intramolecular Hbond substituents is 1. The second kappa shape index (κ2) is 8.79. The van der Waals surface area contributed by atoms with Gasteiger partial charge in [0.25, 0.3) is 0 Å². The standard InChI is InChI=1S/C29H42N2O2/c1-27(2,3)18-31-15-14-19-12-10-11-13-21(19)24(31)26(33)30-20-16-22(28(4,5)6)25(32)23(17-20)29(7,8)9/h10-13,16-17,24,32H,14-15,18H2,1-9H3,(H,30,33). The molecule has 1 aliphatic heterocycles. The van der Waals surface area contributed by atoms with Crippen molar-refractivity contribution in [3.63, 3.8) is 0 Å². The van der Waals surface area contributed by atoms with Crippen LogP contribution < -0.4 is 5.32 Å². The molecule has 3 rings (SSSR count). The van der Waals surface area contributed by atoms with Crippen LogP contribution in [-0.4, -0.2) is 29.0 Å². The van der Waals surface area contributed by atoms with Crippen LogP contribution in [0.2, 0.25) is 0 Å². The molecule has 4 nitrogen and oxygen atoms in total. The fourth-order valence-corrected chi connectivity index (χ4v) is 4.77. The fourth-order valence-electron chi connectivity index (χ4n) is 4.77. The van der Waals surface area contributed by atoms with Crippen LogP contribution in [0.3, 0.4) is 0 Å². The molecule has 0 bridgehead atoms. The van der Waals surface area contributed by atoms with E-state index in [2.05, 4.69) is 90.7 Å².